The first-order valence-corrected chi connectivity index (χ1v) is 11.1. The average Bonchev–Trinajstić information content (AvgIpc) is 3.04. The highest BCUT2D eigenvalue weighted by atomic mass is 35.5. The third-order valence-corrected chi connectivity index (χ3v) is 6.66. The van der Waals surface area contributed by atoms with Gasteiger partial charge in [0.15, 0.2) is 6.04 Å². The number of ether oxygens (including phenoxy) is 1. The number of alkyl halides is 3. The van der Waals surface area contributed by atoms with Crippen molar-refractivity contribution in [2.24, 2.45) is 0 Å². The summed E-state index contributed by atoms with van der Waals surface area (Å²) in [5, 5.41) is 6.40. The van der Waals surface area contributed by atoms with Crippen LogP contribution in [0.1, 0.15) is 36.7 Å². The normalized spacial score (nSPS) is 21.7. The molecule has 194 valence electrons. The van der Waals surface area contributed by atoms with Crippen molar-refractivity contribution in [3.05, 3.63) is 59.4 Å². The van der Waals surface area contributed by atoms with Crippen LogP contribution in [0.3, 0.4) is 0 Å². The first-order chi connectivity index (χ1) is 15.6. The van der Waals surface area contributed by atoms with E-state index in [-0.39, 0.29) is 55.1 Å². The summed E-state index contributed by atoms with van der Waals surface area (Å²) in [5.41, 5.74) is 2.80. The highest BCUT2D eigenvalue weighted by molar-refractivity contribution is 5.85. The van der Waals surface area contributed by atoms with Crippen LogP contribution in [-0.2, 0) is 21.4 Å². The highest BCUT2D eigenvalue weighted by Crippen LogP contribution is 2.40. The molecule has 3 atom stereocenters. The maximum Gasteiger partial charge on any atom is 0.414 e. The number of amides is 1. The summed E-state index contributed by atoms with van der Waals surface area (Å²) in [6.45, 7) is 5.33. The van der Waals surface area contributed by atoms with E-state index < -0.39 is 24.2 Å². The Morgan fingerprint density at radius 2 is 1.94 bits per heavy atom. The molecule has 2 N–H and O–H groups in total. The van der Waals surface area contributed by atoms with Gasteiger partial charge >= 0.3 is 6.18 Å². The standard InChI is InChI=1S/C24H29F3N4O2.2ClH/c1-23(2)17-7-5-4-6-15(17)12-20(23)30-16-8-9-18(29-13-16)21(24(25,26)27)31(3)22(32)19-14-28-10-11-33-19;;/h4-9,13,19-21,28,30H,10-12,14H2,1-3H3;2*1H/t19-,20+,21+;;/m1../s1. The maximum atomic E-state index is 14.0. The summed E-state index contributed by atoms with van der Waals surface area (Å²) in [4.78, 5) is 17.4. The number of anilines is 1. The predicted octanol–water partition coefficient (Wildman–Crippen LogP) is 4.29. The Bertz CT molecular complexity index is 999. The summed E-state index contributed by atoms with van der Waals surface area (Å²) < 4.78 is 47.2. The number of hydrogen-bond acceptors (Lipinski definition) is 5. The summed E-state index contributed by atoms with van der Waals surface area (Å²) >= 11 is 0. The number of likely N-dealkylation sites (N-methyl/N-ethyl adjacent to an activating group) is 1. The Hall–Kier alpha value is -2.07. The van der Waals surface area contributed by atoms with Gasteiger partial charge in [0.1, 0.15) is 6.10 Å². The minimum absolute atomic E-state index is 0. The number of nitrogens with one attached hydrogen (secondary N) is 2. The predicted molar refractivity (Wildman–Crippen MR) is 133 cm³/mol. The summed E-state index contributed by atoms with van der Waals surface area (Å²) in [5.74, 6) is -0.723. The smallest absolute Gasteiger partial charge is 0.380 e. The number of carbonyl (C=O) groups excluding carboxylic acids is 1. The molecule has 0 saturated carbocycles. The van der Waals surface area contributed by atoms with E-state index >= 15 is 0 Å². The lowest BCUT2D eigenvalue weighted by atomic mass is 9.83. The average molecular weight is 535 g/mol. The number of fused-ring (bicyclic) bond motifs is 1. The molecule has 6 nitrogen and oxygen atoms in total. The van der Waals surface area contributed by atoms with Crippen molar-refractivity contribution in [1.82, 2.24) is 15.2 Å². The van der Waals surface area contributed by atoms with Gasteiger partial charge in [-0.05, 0) is 29.7 Å². The van der Waals surface area contributed by atoms with E-state index in [0.29, 0.717) is 17.1 Å². The Balaban J connectivity index is 0.00000216. The van der Waals surface area contributed by atoms with E-state index in [9.17, 15) is 18.0 Å². The number of carbonyl (C=O) groups is 1. The fourth-order valence-corrected chi connectivity index (χ4v) is 4.74. The second-order valence-electron chi connectivity index (χ2n) is 9.21. The molecule has 1 fully saturated rings. The van der Waals surface area contributed by atoms with Crippen molar-refractivity contribution in [2.75, 3.05) is 32.1 Å². The van der Waals surface area contributed by atoms with E-state index in [4.69, 9.17) is 4.74 Å². The number of rotatable bonds is 5. The van der Waals surface area contributed by atoms with Gasteiger partial charge < -0.3 is 20.3 Å². The first kappa shape index (κ1) is 29.2. The number of halogens is 5. The van der Waals surface area contributed by atoms with E-state index in [2.05, 4.69) is 41.6 Å². The van der Waals surface area contributed by atoms with Crippen LogP contribution in [0.4, 0.5) is 18.9 Å². The lowest BCUT2D eigenvalue weighted by molar-refractivity contribution is -0.194. The molecule has 1 aliphatic carbocycles. The Morgan fingerprint density at radius 3 is 2.51 bits per heavy atom. The number of morpholine rings is 1. The molecule has 11 heteroatoms. The molecule has 0 spiro atoms. The molecule has 1 amide bonds. The fourth-order valence-electron chi connectivity index (χ4n) is 4.74. The zero-order valence-corrected chi connectivity index (χ0v) is 21.4. The second kappa shape index (κ2) is 11.3. The number of benzene rings is 1. The monoisotopic (exact) mass is 534 g/mol. The first-order valence-electron chi connectivity index (χ1n) is 11.1. The Labute approximate surface area is 215 Å². The number of nitrogens with zero attached hydrogens (tertiary/aromatic N) is 2. The van der Waals surface area contributed by atoms with Crippen molar-refractivity contribution in [3.63, 3.8) is 0 Å². The van der Waals surface area contributed by atoms with E-state index in [1.807, 2.05) is 12.1 Å². The zero-order valence-electron chi connectivity index (χ0n) is 19.8. The molecule has 1 saturated heterocycles. The quantitative estimate of drug-likeness (QED) is 0.599. The highest BCUT2D eigenvalue weighted by Gasteiger charge is 2.47. The number of pyridine rings is 1. The Kier molecular flexibility index (Phi) is 9.44. The third-order valence-electron chi connectivity index (χ3n) is 6.66. The van der Waals surface area contributed by atoms with Crippen molar-refractivity contribution in [1.29, 1.82) is 0 Å². The molecular formula is C24H31Cl2F3N4O2. The molecule has 2 aromatic rings. The van der Waals surface area contributed by atoms with E-state index in [1.54, 1.807) is 6.07 Å². The van der Waals surface area contributed by atoms with Gasteiger partial charge in [0, 0.05) is 31.6 Å². The molecule has 2 heterocycles. The van der Waals surface area contributed by atoms with Crippen molar-refractivity contribution >= 4 is 36.4 Å². The van der Waals surface area contributed by atoms with Gasteiger partial charge in [0.25, 0.3) is 5.91 Å². The van der Waals surface area contributed by atoms with Crippen LogP contribution >= 0.6 is 24.8 Å². The van der Waals surface area contributed by atoms with Gasteiger partial charge in [-0.1, -0.05) is 38.1 Å². The summed E-state index contributed by atoms with van der Waals surface area (Å²) in [6, 6.07) is 9.10. The molecule has 0 bridgehead atoms. The van der Waals surface area contributed by atoms with Crippen LogP contribution < -0.4 is 10.6 Å². The van der Waals surface area contributed by atoms with Crippen LogP contribution in [0, 0.1) is 0 Å². The lowest BCUT2D eigenvalue weighted by Gasteiger charge is -2.33. The van der Waals surface area contributed by atoms with Crippen LogP contribution in [0.25, 0.3) is 0 Å². The fraction of sp³-hybridized carbons (Fsp3) is 0.500. The van der Waals surface area contributed by atoms with Crippen molar-refractivity contribution < 1.29 is 22.7 Å². The van der Waals surface area contributed by atoms with Gasteiger partial charge in [-0.2, -0.15) is 13.2 Å². The molecule has 0 radical (unpaired) electrons. The topological polar surface area (TPSA) is 66.5 Å². The van der Waals surface area contributed by atoms with Crippen LogP contribution in [-0.4, -0.2) is 60.9 Å². The Morgan fingerprint density at radius 1 is 1.23 bits per heavy atom. The molecule has 1 aromatic heterocycles. The molecule has 1 aromatic carbocycles. The van der Waals surface area contributed by atoms with Crippen LogP contribution in [0.2, 0.25) is 0 Å². The lowest BCUT2D eigenvalue weighted by Crippen LogP contribution is -2.51. The maximum absolute atomic E-state index is 14.0. The van der Waals surface area contributed by atoms with Crippen LogP contribution in [0.15, 0.2) is 42.6 Å². The van der Waals surface area contributed by atoms with Gasteiger partial charge in [-0.25, -0.2) is 0 Å². The van der Waals surface area contributed by atoms with Crippen molar-refractivity contribution in [2.45, 2.75) is 50.0 Å². The third kappa shape index (κ3) is 6.02. The molecule has 35 heavy (non-hydrogen) atoms. The molecule has 0 unspecified atom stereocenters. The SMILES string of the molecule is CN(C(=O)[C@H]1CNCCO1)[C@@H](c1ccc(N[C@H]2Cc3ccccc3C2(C)C)cn1)C(F)(F)F.Cl.Cl. The van der Waals surface area contributed by atoms with Gasteiger partial charge in [0.05, 0.1) is 24.2 Å². The van der Waals surface area contributed by atoms with Crippen molar-refractivity contribution in [3.8, 4) is 0 Å². The molecule has 1 aliphatic heterocycles. The zero-order chi connectivity index (χ0) is 23.8. The van der Waals surface area contributed by atoms with Gasteiger partial charge in [-0.15, -0.1) is 24.8 Å². The van der Waals surface area contributed by atoms with Gasteiger partial charge in [-0.3, -0.25) is 9.78 Å². The minimum Gasteiger partial charge on any atom is -0.380 e. The van der Waals surface area contributed by atoms with Crippen LogP contribution in [0.5, 0.6) is 0 Å². The minimum atomic E-state index is -4.68. The van der Waals surface area contributed by atoms with Gasteiger partial charge in [0.2, 0.25) is 0 Å². The molecule has 2 aliphatic rings. The molecule has 4 rings (SSSR count). The van der Waals surface area contributed by atoms with E-state index in [1.165, 1.54) is 23.4 Å². The largest absolute Gasteiger partial charge is 0.414 e. The van der Waals surface area contributed by atoms with E-state index in [0.717, 1.165) is 13.5 Å². The second-order valence-corrected chi connectivity index (χ2v) is 9.21. The molecular weight excluding hydrogens is 504 g/mol. The number of aromatic nitrogens is 1. The summed E-state index contributed by atoms with van der Waals surface area (Å²) in [7, 11) is 1.14. The number of hydrogen-bond donors (Lipinski definition) is 2. The summed E-state index contributed by atoms with van der Waals surface area (Å²) in [6.07, 6.45) is -3.39.